The smallest absolute Gasteiger partial charge is 0.143 e. The zero-order valence-electron chi connectivity index (χ0n) is 31.9. The summed E-state index contributed by atoms with van der Waals surface area (Å²) in [7, 11) is 0. The molecule has 0 saturated carbocycles. The Bertz CT molecular complexity index is 3130. The molecule has 0 radical (unpaired) electrons. The maximum Gasteiger partial charge on any atom is 0.143 e. The molecule has 57 heavy (non-hydrogen) atoms. The largest absolute Gasteiger partial charge is 0.455 e. The van der Waals surface area contributed by atoms with E-state index in [1.165, 1.54) is 55.5 Å². The summed E-state index contributed by atoms with van der Waals surface area (Å²) >= 11 is 0. The third-order valence-electron chi connectivity index (χ3n) is 12.1. The van der Waals surface area contributed by atoms with Crippen molar-refractivity contribution in [1.29, 1.82) is 0 Å². The predicted octanol–water partition coefficient (Wildman–Crippen LogP) is 15.5. The Morgan fingerprint density at radius 3 is 1.60 bits per heavy atom. The number of anilines is 3. The summed E-state index contributed by atoms with van der Waals surface area (Å²) in [6.45, 7) is 4.70. The van der Waals surface area contributed by atoms with Gasteiger partial charge in [0.05, 0.1) is 0 Å². The fourth-order valence-electron chi connectivity index (χ4n) is 9.26. The SMILES string of the molecule is CC1(C)c2ccccc2-c2ccc(N(c3ccc(-c4ccccc4-c4ccccc4)cc3)c3ccc(-c4cccc5c4ccc4c6ccccc6oc54)cc3)cc21. The zero-order valence-corrected chi connectivity index (χ0v) is 31.9. The van der Waals surface area contributed by atoms with Crippen molar-refractivity contribution in [2.75, 3.05) is 4.90 Å². The van der Waals surface area contributed by atoms with E-state index in [-0.39, 0.29) is 5.41 Å². The van der Waals surface area contributed by atoms with E-state index in [2.05, 4.69) is 207 Å². The highest BCUT2D eigenvalue weighted by molar-refractivity contribution is 6.17. The number of hydrogen-bond acceptors (Lipinski definition) is 2. The van der Waals surface area contributed by atoms with E-state index in [4.69, 9.17) is 4.42 Å². The highest BCUT2D eigenvalue weighted by atomic mass is 16.3. The van der Waals surface area contributed by atoms with Crippen molar-refractivity contribution in [2.24, 2.45) is 0 Å². The van der Waals surface area contributed by atoms with Gasteiger partial charge >= 0.3 is 0 Å². The number of benzene rings is 9. The molecule has 10 aromatic rings. The first-order valence-electron chi connectivity index (χ1n) is 19.8. The van der Waals surface area contributed by atoms with Crippen LogP contribution in [-0.4, -0.2) is 0 Å². The van der Waals surface area contributed by atoms with Crippen LogP contribution in [0.5, 0.6) is 0 Å². The number of fused-ring (bicyclic) bond motifs is 8. The molecule has 9 aromatic carbocycles. The van der Waals surface area contributed by atoms with Gasteiger partial charge in [-0.1, -0.05) is 166 Å². The summed E-state index contributed by atoms with van der Waals surface area (Å²) in [6.07, 6.45) is 0. The molecule has 2 nitrogen and oxygen atoms in total. The first-order valence-corrected chi connectivity index (χ1v) is 19.8. The minimum absolute atomic E-state index is 0.109. The lowest BCUT2D eigenvalue weighted by Crippen LogP contribution is -2.16. The van der Waals surface area contributed by atoms with E-state index in [0.717, 1.165) is 50.0 Å². The van der Waals surface area contributed by atoms with Crippen LogP contribution >= 0.6 is 0 Å². The van der Waals surface area contributed by atoms with Crippen LogP contribution in [-0.2, 0) is 5.41 Å². The average Bonchev–Trinajstić information content (AvgIpc) is 3.76. The third-order valence-corrected chi connectivity index (χ3v) is 12.1. The van der Waals surface area contributed by atoms with Crippen LogP contribution in [0.1, 0.15) is 25.0 Å². The molecule has 270 valence electrons. The molecular weight excluding hydrogens is 691 g/mol. The Morgan fingerprint density at radius 1 is 0.351 bits per heavy atom. The van der Waals surface area contributed by atoms with Gasteiger partial charge in [0.15, 0.2) is 0 Å². The number of rotatable bonds is 6. The van der Waals surface area contributed by atoms with Crippen molar-refractivity contribution in [3.63, 3.8) is 0 Å². The van der Waals surface area contributed by atoms with Crippen LogP contribution in [0.3, 0.4) is 0 Å². The zero-order chi connectivity index (χ0) is 38.1. The average molecular weight is 730 g/mol. The molecule has 2 heteroatoms. The predicted molar refractivity (Wildman–Crippen MR) is 240 cm³/mol. The van der Waals surface area contributed by atoms with Crippen molar-refractivity contribution in [3.8, 4) is 44.5 Å². The number of para-hydroxylation sites is 1. The van der Waals surface area contributed by atoms with Gasteiger partial charge < -0.3 is 9.32 Å². The molecule has 0 bridgehead atoms. The fraction of sp³-hybridized carbons (Fsp3) is 0.0545. The molecule has 1 aliphatic rings. The molecule has 0 saturated heterocycles. The maximum absolute atomic E-state index is 6.43. The van der Waals surface area contributed by atoms with Gasteiger partial charge in [-0.2, -0.15) is 0 Å². The molecule has 0 N–H and O–H groups in total. The van der Waals surface area contributed by atoms with Crippen molar-refractivity contribution in [3.05, 3.63) is 211 Å². The number of furan rings is 1. The number of nitrogens with zero attached hydrogens (tertiary/aromatic N) is 1. The summed E-state index contributed by atoms with van der Waals surface area (Å²) < 4.78 is 6.43. The van der Waals surface area contributed by atoms with Gasteiger partial charge in [0, 0.05) is 38.6 Å². The van der Waals surface area contributed by atoms with Crippen molar-refractivity contribution in [2.45, 2.75) is 19.3 Å². The second-order valence-corrected chi connectivity index (χ2v) is 15.7. The van der Waals surface area contributed by atoms with E-state index in [0.29, 0.717) is 0 Å². The van der Waals surface area contributed by atoms with Crippen LogP contribution in [0.2, 0.25) is 0 Å². The Hall–Kier alpha value is -7.16. The fourth-order valence-corrected chi connectivity index (χ4v) is 9.26. The van der Waals surface area contributed by atoms with E-state index in [9.17, 15) is 0 Å². The Labute approximate surface area is 332 Å². The molecule has 1 aromatic heterocycles. The second-order valence-electron chi connectivity index (χ2n) is 15.7. The van der Waals surface area contributed by atoms with Crippen LogP contribution in [0.25, 0.3) is 77.2 Å². The summed E-state index contributed by atoms with van der Waals surface area (Å²) in [5, 5.41) is 4.61. The lowest BCUT2D eigenvalue weighted by Gasteiger charge is -2.28. The van der Waals surface area contributed by atoms with Gasteiger partial charge in [0.1, 0.15) is 11.2 Å². The summed E-state index contributed by atoms with van der Waals surface area (Å²) in [5.74, 6) is 0. The molecule has 0 unspecified atom stereocenters. The van der Waals surface area contributed by atoms with Gasteiger partial charge in [0.2, 0.25) is 0 Å². The molecule has 0 atom stereocenters. The topological polar surface area (TPSA) is 16.4 Å². The standard InChI is InChI=1S/C55H39NO/c1-55(2)51-21-10-8-17-46(51)47-32-31-41(35-52(47)55)56(39-27-23-37(24-28-39)43-16-7-6-15-42(43)36-13-4-3-5-14-36)40-29-25-38(26-30-40)44-19-12-20-49-45(44)33-34-50-48-18-9-11-22-53(48)57-54(49)50/h3-35H,1-2H3. The molecule has 1 aliphatic carbocycles. The lowest BCUT2D eigenvalue weighted by molar-refractivity contribution is 0.660. The van der Waals surface area contributed by atoms with Gasteiger partial charge in [-0.15, -0.1) is 0 Å². The first kappa shape index (κ1) is 33.2. The van der Waals surface area contributed by atoms with Crippen LogP contribution in [0, 0.1) is 0 Å². The molecule has 0 fully saturated rings. The van der Waals surface area contributed by atoms with E-state index in [1.807, 2.05) is 12.1 Å². The quantitative estimate of drug-likeness (QED) is 0.169. The normalized spacial score (nSPS) is 12.9. The summed E-state index contributed by atoms with van der Waals surface area (Å²) in [6, 6.07) is 72.6. The Balaban J connectivity index is 1.02. The molecule has 1 heterocycles. The van der Waals surface area contributed by atoms with E-state index >= 15 is 0 Å². The highest BCUT2D eigenvalue weighted by Gasteiger charge is 2.35. The molecule has 0 spiro atoms. The number of hydrogen-bond donors (Lipinski definition) is 0. The van der Waals surface area contributed by atoms with Gasteiger partial charge in [-0.3, -0.25) is 0 Å². The Kier molecular flexibility index (Phi) is 7.55. The van der Waals surface area contributed by atoms with Crippen molar-refractivity contribution >= 4 is 49.8 Å². The second kappa shape index (κ2) is 13.0. The van der Waals surface area contributed by atoms with Crippen LogP contribution in [0.4, 0.5) is 17.1 Å². The van der Waals surface area contributed by atoms with Crippen LogP contribution < -0.4 is 4.90 Å². The van der Waals surface area contributed by atoms with E-state index in [1.54, 1.807) is 0 Å². The lowest BCUT2D eigenvalue weighted by atomic mass is 9.82. The molecular formula is C55H39NO. The summed E-state index contributed by atoms with van der Waals surface area (Å²) in [5.41, 5.74) is 17.7. The van der Waals surface area contributed by atoms with Crippen LogP contribution in [0.15, 0.2) is 205 Å². The molecule has 11 rings (SSSR count). The van der Waals surface area contributed by atoms with Crippen molar-refractivity contribution < 1.29 is 4.42 Å². The maximum atomic E-state index is 6.43. The van der Waals surface area contributed by atoms with Gasteiger partial charge in [0.25, 0.3) is 0 Å². The van der Waals surface area contributed by atoms with Gasteiger partial charge in [-0.25, -0.2) is 0 Å². The molecule has 0 aliphatic heterocycles. The monoisotopic (exact) mass is 729 g/mol. The van der Waals surface area contributed by atoms with E-state index < -0.39 is 0 Å². The minimum Gasteiger partial charge on any atom is -0.455 e. The third kappa shape index (κ3) is 5.33. The molecule has 0 amide bonds. The van der Waals surface area contributed by atoms with Crippen molar-refractivity contribution in [1.82, 2.24) is 0 Å². The highest BCUT2D eigenvalue weighted by Crippen LogP contribution is 2.51. The first-order chi connectivity index (χ1) is 28.0. The summed E-state index contributed by atoms with van der Waals surface area (Å²) in [4.78, 5) is 2.40. The minimum atomic E-state index is -0.109. The Morgan fingerprint density at radius 2 is 0.860 bits per heavy atom. The van der Waals surface area contributed by atoms with Gasteiger partial charge in [-0.05, 0) is 110 Å².